The number of carbonyl (C=O) groups is 1. The Bertz CT molecular complexity index is 957. The number of hydrogen-bond donors (Lipinski definition) is 0. The zero-order valence-electron chi connectivity index (χ0n) is 18.1. The summed E-state index contributed by atoms with van der Waals surface area (Å²) < 4.78 is 6.92. The normalized spacial score (nSPS) is 24.5. The lowest BCUT2D eigenvalue weighted by molar-refractivity contribution is 0.122. The van der Waals surface area contributed by atoms with Crippen LogP contribution >= 0.6 is 11.6 Å². The molecule has 3 aliphatic rings. The van der Waals surface area contributed by atoms with Crippen LogP contribution in [0.2, 0.25) is 5.02 Å². The van der Waals surface area contributed by atoms with E-state index >= 15 is 0 Å². The molecule has 166 valence electrons. The molecule has 8 heteroatoms. The molecule has 1 amide bonds. The Labute approximate surface area is 188 Å². The molecule has 3 saturated heterocycles. The van der Waals surface area contributed by atoms with Crippen molar-refractivity contribution in [1.82, 2.24) is 19.6 Å². The summed E-state index contributed by atoms with van der Waals surface area (Å²) in [4.78, 5) is 19.5. The molecule has 1 aromatic heterocycles. The maximum absolute atomic E-state index is 12.8. The zero-order chi connectivity index (χ0) is 21.4. The van der Waals surface area contributed by atoms with E-state index in [0.717, 1.165) is 82.5 Å². The summed E-state index contributed by atoms with van der Waals surface area (Å²) in [7, 11) is 0. The van der Waals surface area contributed by atoms with Gasteiger partial charge in [-0.3, -0.25) is 4.90 Å². The van der Waals surface area contributed by atoms with Crippen molar-refractivity contribution < 1.29 is 9.53 Å². The van der Waals surface area contributed by atoms with Crippen molar-refractivity contribution in [3.63, 3.8) is 0 Å². The number of morpholine rings is 1. The highest BCUT2D eigenvalue weighted by Crippen LogP contribution is 2.40. The lowest BCUT2D eigenvalue weighted by Crippen LogP contribution is -2.36. The highest BCUT2D eigenvalue weighted by atomic mass is 35.5. The van der Waals surface area contributed by atoms with Crippen LogP contribution in [0.3, 0.4) is 0 Å². The van der Waals surface area contributed by atoms with E-state index in [9.17, 15) is 4.79 Å². The number of aryl methyl sites for hydroxylation is 1. The molecule has 0 aliphatic carbocycles. The van der Waals surface area contributed by atoms with Crippen molar-refractivity contribution >= 4 is 23.3 Å². The largest absolute Gasteiger partial charge is 0.378 e. The first kappa shape index (κ1) is 20.8. The predicted molar refractivity (Wildman–Crippen MR) is 121 cm³/mol. The van der Waals surface area contributed by atoms with E-state index < -0.39 is 0 Å². The van der Waals surface area contributed by atoms with E-state index in [2.05, 4.69) is 33.1 Å². The molecule has 0 N–H and O–H groups in total. The molecule has 5 rings (SSSR count). The first-order valence-corrected chi connectivity index (χ1v) is 11.5. The molecule has 1 spiro atoms. The fourth-order valence-electron chi connectivity index (χ4n) is 5.18. The SMILES string of the molecule is Cc1cnn(C(=O)N2CCC3(CCN(Cc4ccc(N5CCOCC5)cc4Cl)C3)C2)c1. The van der Waals surface area contributed by atoms with Gasteiger partial charge in [-0.15, -0.1) is 0 Å². The average molecular weight is 444 g/mol. The molecule has 2 aromatic rings. The van der Waals surface area contributed by atoms with Crippen LogP contribution in [-0.4, -0.2) is 78.1 Å². The van der Waals surface area contributed by atoms with E-state index in [1.807, 2.05) is 11.8 Å². The smallest absolute Gasteiger partial charge is 0.344 e. The van der Waals surface area contributed by atoms with Gasteiger partial charge < -0.3 is 14.5 Å². The van der Waals surface area contributed by atoms with Crippen molar-refractivity contribution in [3.05, 3.63) is 46.7 Å². The lowest BCUT2D eigenvalue weighted by Gasteiger charge is -2.29. The number of carbonyl (C=O) groups excluding carboxylic acids is 1. The molecule has 1 aromatic carbocycles. The highest BCUT2D eigenvalue weighted by Gasteiger charge is 2.45. The van der Waals surface area contributed by atoms with Crippen molar-refractivity contribution in [2.75, 3.05) is 57.4 Å². The second-order valence-corrected chi connectivity index (χ2v) is 9.66. The van der Waals surface area contributed by atoms with Crippen LogP contribution in [-0.2, 0) is 11.3 Å². The lowest BCUT2D eigenvalue weighted by atomic mass is 9.86. The van der Waals surface area contributed by atoms with E-state index in [4.69, 9.17) is 16.3 Å². The van der Waals surface area contributed by atoms with Crippen LogP contribution in [0.4, 0.5) is 10.5 Å². The summed E-state index contributed by atoms with van der Waals surface area (Å²) >= 11 is 6.67. The first-order valence-electron chi connectivity index (χ1n) is 11.2. The Morgan fingerprint density at radius 2 is 1.97 bits per heavy atom. The van der Waals surface area contributed by atoms with Crippen LogP contribution in [0.25, 0.3) is 0 Å². The Hall–Kier alpha value is -2.09. The van der Waals surface area contributed by atoms with Crippen molar-refractivity contribution in [3.8, 4) is 0 Å². The van der Waals surface area contributed by atoms with Gasteiger partial charge in [0.25, 0.3) is 0 Å². The molecule has 1 atom stereocenters. The predicted octanol–water partition coefficient (Wildman–Crippen LogP) is 3.25. The minimum Gasteiger partial charge on any atom is -0.378 e. The topological polar surface area (TPSA) is 53.8 Å². The molecular formula is C23H30ClN5O2. The zero-order valence-corrected chi connectivity index (χ0v) is 18.9. The third-order valence-corrected chi connectivity index (χ3v) is 7.29. The molecule has 31 heavy (non-hydrogen) atoms. The highest BCUT2D eigenvalue weighted by molar-refractivity contribution is 6.31. The van der Waals surface area contributed by atoms with Crippen molar-refractivity contribution in [1.29, 1.82) is 0 Å². The van der Waals surface area contributed by atoms with E-state index in [-0.39, 0.29) is 11.4 Å². The van der Waals surface area contributed by atoms with Gasteiger partial charge in [-0.05, 0) is 49.6 Å². The van der Waals surface area contributed by atoms with Crippen LogP contribution < -0.4 is 4.90 Å². The number of ether oxygens (including phenoxy) is 1. The van der Waals surface area contributed by atoms with Gasteiger partial charge in [0.2, 0.25) is 0 Å². The summed E-state index contributed by atoms with van der Waals surface area (Å²) in [6.45, 7) is 9.86. The van der Waals surface area contributed by atoms with Gasteiger partial charge in [0.05, 0.1) is 19.4 Å². The summed E-state index contributed by atoms with van der Waals surface area (Å²) in [5.41, 5.74) is 3.55. The number of benzene rings is 1. The van der Waals surface area contributed by atoms with Gasteiger partial charge >= 0.3 is 6.03 Å². The second-order valence-electron chi connectivity index (χ2n) is 9.25. The number of halogens is 1. The maximum Gasteiger partial charge on any atom is 0.344 e. The third-order valence-electron chi connectivity index (χ3n) is 6.94. The fourth-order valence-corrected chi connectivity index (χ4v) is 5.41. The van der Waals surface area contributed by atoms with E-state index in [0.29, 0.717) is 0 Å². The summed E-state index contributed by atoms with van der Waals surface area (Å²) in [5.74, 6) is 0. The molecule has 7 nitrogen and oxygen atoms in total. The molecule has 4 heterocycles. The Morgan fingerprint density at radius 1 is 1.16 bits per heavy atom. The quantitative estimate of drug-likeness (QED) is 0.728. The molecule has 3 fully saturated rings. The number of hydrogen-bond acceptors (Lipinski definition) is 5. The van der Waals surface area contributed by atoms with Gasteiger partial charge in [0, 0.05) is 61.6 Å². The number of rotatable bonds is 3. The minimum atomic E-state index is -0.00910. The van der Waals surface area contributed by atoms with Crippen molar-refractivity contribution in [2.45, 2.75) is 26.3 Å². The number of amides is 1. The maximum atomic E-state index is 12.8. The summed E-state index contributed by atoms with van der Waals surface area (Å²) in [6, 6.07) is 6.43. The van der Waals surface area contributed by atoms with Crippen LogP contribution in [0.5, 0.6) is 0 Å². The Kier molecular flexibility index (Phi) is 5.67. The van der Waals surface area contributed by atoms with Gasteiger partial charge in [-0.1, -0.05) is 17.7 Å². The van der Waals surface area contributed by atoms with Gasteiger partial charge in [-0.2, -0.15) is 9.78 Å². The molecule has 0 radical (unpaired) electrons. The van der Waals surface area contributed by atoms with E-state index in [1.165, 1.54) is 15.9 Å². The number of anilines is 1. The molecule has 0 bridgehead atoms. The number of nitrogens with zero attached hydrogens (tertiary/aromatic N) is 5. The second kappa shape index (κ2) is 8.45. The van der Waals surface area contributed by atoms with Crippen LogP contribution in [0, 0.1) is 12.3 Å². The van der Waals surface area contributed by atoms with Gasteiger partial charge in [0.15, 0.2) is 0 Å². The Morgan fingerprint density at radius 3 is 2.71 bits per heavy atom. The summed E-state index contributed by atoms with van der Waals surface area (Å²) in [6.07, 6.45) is 5.71. The fraction of sp³-hybridized carbons (Fsp3) is 0.565. The number of likely N-dealkylation sites (tertiary alicyclic amines) is 2. The molecular weight excluding hydrogens is 414 g/mol. The van der Waals surface area contributed by atoms with Crippen molar-refractivity contribution in [2.24, 2.45) is 5.41 Å². The number of aromatic nitrogens is 2. The average Bonchev–Trinajstić information content (AvgIpc) is 3.51. The Balaban J connectivity index is 1.20. The summed E-state index contributed by atoms with van der Waals surface area (Å²) in [5, 5.41) is 5.02. The molecule has 1 unspecified atom stereocenters. The van der Waals surface area contributed by atoms with Gasteiger partial charge in [0.1, 0.15) is 0 Å². The van der Waals surface area contributed by atoms with Gasteiger partial charge in [-0.25, -0.2) is 4.79 Å². The van der Waals surface area contributed by atoms with Crippen LogP contribution in [0.1, 0.15) is 24.0 Å². The minimum absolute atomic E-state index is 0.00910. The molecule has 3 aliphatic heterocycles. The monoisotopic (exact) mass is 443 g/mol. The van der Waals surface area contributed by atoms with Crippen LogP contribution in [0.15, 0.2) is 30.6 Å². The van der Waals surface area contributed by atoms with E-state index in [1.54, 1.807) is 12.4 Å². The molecule has 0 saturated carbocycles. The third kappa shape index (κ3) is 4.31. The first-order chi connectivity index (χ1) is 15.0. The standard InChI is InChI=1S/C23H30ClN5O2/c1-18-13-25-29(14-18)22(30)28-7-5-23(17-28)4-6-26(16-23)15-19-2-3-20(12-21(19)24)27-8-10-31-11-9-27/h2-3,12-14H,4-11,15-17H2,1H3.